The van der Waals surface area contributed by atoms with Gasteiger partial charge in [-0.1, -0.05) is 0 Å². The first-order valence-corrected chi connectivity index (χ1v) is 8.90. The van der Waals surface area contributed by atoms with E-state index in [1.807, 2.05) is 11.9 Å². The smallest absolute Gasteiger partial charge is 0.341 e. The van der Waals surface area contributed by atoms with Crippen LogP contribution in [-0.4, -0.2) is 46.8 Å². The van der Waals surface area contributed by atoms with Crippen molar-refractivity contribution in [2.75, 3.05) is 25.0 Å². The van der Waals surface area contributed by atoms with Crippen LogP contribution in [0.1, 0.15) is 29.2 Å². The molecule has 2 aromatic rings. The van der Waals surface area contributed by atoms with Gasteiger partial charge in [-0.3, -0.25) is 4.79 Å². The van der Waals surface area contributed by atoms with Crippen LogP contribution in [0.5, 0.6) is 0 Å². The maximum atomic E-state index is 14.7. The number of anilines is 1. The molecule has 1 aliphatic heterocycles. The molecule has 0 radical (unpaired) electrons. The lowest BCUT2D eigenvalue weighted by molar-refractivity contribution is 0.0695. The van der Waals surface area contributed by atoms with Gasteiger partial charge in [-0.2, -0.15) is 0 Å². The van der Waals surface area contributed by atoms with Crippen molar-refractivity contribution < 1.29 is 14.3 Å². The van der Waals surface area contributed by atoms with Crippen LogP contribution in [0.25, 0.3) is 11.0 Å². The summed E-state index contributed by atoms with van der Waals surface area (Å²) in [5, 5.41) is 12.6. The Morgan fingerprint density at radius 3 is 2.62 bits per heavy atom. The molecule has 2 aromatic heterocycles. The summed E-state index contributed by atoms with van der Waals surface area (Å²) in [6.07, 6.45) is 3.17. The van der Waals surface area contributed by atoms with Crippen molar-refractivity contribution in [2.45, 2.75) is 24.9 Å². The van der Waals surface area contributed by atoms with E-state index in [2.05, 4.69) is 10.3 Å². The van der Waals surface area contributed by atoms with Gasteiger partial charge >= 0.3 is 5.97 Å². The Kier molecular flexibility index (Phi) is 3.19. The summed E-state index contributed by atoms with van der Waals surface area (Å²) in [6, 6.07) is 1.78. The van der Waals surface area contributed by atoms with E-state index < -0.39 is 17.2 Å². The second-order valence-corrected chi connectivity index (χ2v) is 7.53. The molecule has 3 aliphatic rings. The SMILES string of the molecule is CNC1[C@H]2CN(c3nc4c(cc3F)c(=O)c(C(=O)O)cn4C3CC3)C[C@@H]12. The van der Waals surface area contributed by atoms with Crippen molar-refractivity contribution in [3.8, 4) is 0 Å². The van der Waals surface area contributed by atoms with Crippen LogP contribution in [0, 0.1) is 17.7 Å². The lowest BCUT2D eigenvalue weighted by atomic mass is 10.2. The fraction of sp³-hybridized carbons (Fsp3) is 0.500. The van der Waals surface area contributed by atoms with E-state index in [-0.39, 0.29) is 22.8 Å². The van der Waals surface area contributed by atoms with Crippen molar-refractivity contribution in [1.29, 1.82) is 0 Å². The molecule has 3 heterocycles. The second-order valence-electron chi connectivity index (χ2n) is 7.53. The summed E-state index contributed by atoms with van der Waals surface area (Å²) >= 11 is 0. The van der Waals surface area contributed by atoms with Crippen molar-refractivity contribution in [1.82, 2.24) is 14.9 Å². The zero-order valence-corrected chi connectivity index (χ0v) is 14.3. The Morgan fingerprint density at radius 1 is 1.35 bits per heavy atom. The Hall–Kier alpha value is -2.48. The second kappa shape index (κ2) is 5.26. The lowest BCUT2D eigenvalue weighted by Crippen LogP contribution is -2.31. The number of piperidine rings is 1. The number of hydrogen-bond donors (Lipinski definition) is 2. The average Bonchev–Trinajstić information content (AvgIpc) is 3.52. The third kappa shape index (κ3) is 2.18. The van der Waals surface area contributed by atoms with E-state index in [0.717, 1.165) is 32.0 Å². The van der Waals surface area contributed by atoms with Crippen molar-refractivity contribution in [3.63, 3.8) is 0 Å². The van der Waals surface area contributed by atoms with E-state index in [4.69, 9.17) is 0 Å². The van der Waals surface area contributed by atoms with Gasteiger partial charge in [-0.15, -0.1) is 0 Å². The largest absolute Gasteiger partial charge is 0.477 e. The van der Waals surface area contributed by atoms with Crippen LogP contribution in [0.2, 0.25) is 0 Å². The van der Waals surface area contributed by atoms with E-state index in [0.29, 0.717) is 23.5 Å². The maximum absolute atomic E-state index is 14.7. The standard InChI is InChI=1S/C18H19FN4O3/c1-20-14-10-5-22(6-11(10)14)17-13(19)4-9-15(24)12(18(25)26)7-23(8-2-3-8)16(9)21-17/h4,7-8,10-11,14,20H,2-3,5-6H2,1H3,(H,25,26)/t10-,11+,14?. The number of fused-ring (bicyclic) bond motifs is 2. The Bertz CT molecular complexity index is 988. The molecule has 7 nitrogen and oxygen atoms in total. The minimum atomic E-state index is -1.30. The molecule has 2 saturated carbocycles. The van der Waals surface area contributed by atoms with E-state index >= 15 is 0 Å². The molecule has 5 rings (SSSR count). The summed E-state index contributed by atoms with van der Waals surface area (Å²) < 4.78 is 16.5. The molecule has 8 heteroatoms. The molecule has 2 aliphatic carbocycles. The van der Waals surface area contributed by atoms with E-state index in [9.17, 15) is 19.1 Å². The quantitative estimate of drug-likeness (QED) is 0.855. The number of carboxylic acid groups (broad SMARTS) is 1. The van der Waals surface area contributed by atoms with Crippen LogP contribution < -0.4 is 15.6 Å². The summed E-state index contributed by atoms with van der Waals surface area (Å²) in [7, 11) is 1.94. The molecule has 0 aromatic carbocycles. The van der Waals surface area contributed by atoms with Gasteiger partial charge in [0, 0.05) is 31.4 Å². The number of rotatable bonds is 4. The summed E-state index contributed by atoms with van der Waals surface area (Å²) in [5.74, 6) is -0.583. The number of aromatic carboxylic acids is 1. The zero-order chi connectivity index (χ0) is 18.2. The van der Waals surface area contributed by atoms with E-state index in [1.54, 1.807) is 4.57 Å². The molecule has 26 heavy (non-hydrogen) atoms. The molecule has 0 bridgehead atoms. The van der Waals surface area contributed by atoms with Crippen LogP contribution in [-0.2, 0) is 0 Å². The monoisotopic (exact) mass is 358 g/mol. The number of nitrogens with one attached hydrogen (secondary N) is 1. The molecule has 3 atom stereocenters. The molecule has 1 unspecified atom stereocenters. The fourth-order valence-corrected chi connectivity index (χ4v) is 4.37. The fourth-order valence-electron chi connectivity index (χ4n) is 4.37. The van der Waals surface area contributed by atoms with Crippen molar-refractivity contribution in [2.24, 2.45) is 11.8 Å². The highest BCUT2D eigenvalue weighted by Crippen LogP contribution is 2.46. The number of halogens is 1. The van der Waals surface area contributed by atoms with Gasteiger partial charge in [0.1, 0.15) is 11.2 Å². The zero-order valence-electron chi connectivity index (χ0n) is 14.3. The number of aromatic nitrogens is 2. The Balaban J connectivity index is 1.63. The molecular weight excluding hydrogens is 339 g/mol. The lowest BCUT2D eigenvalue weighted by Gasteiger charge is -2.22. The molecule has 0 amide bonds. The molecule has 2 N–H and O–H groups in total. The van der Waals surface area contributed by atoms with Crippen molar-refractivity contribution >= 4 is 22.8 Å². The molecule has 136 valence electrons. The summed E-state index contributed by atoms with van der Waals surface area (Å²) in [6.45, 7) is 1.49. The number of pyridine rings is 2. The Labute approximate surface area is 148 Å². The highest BCUT2D eigenvalue weighted by Gasteiger charge is 2.55. The summed E-state index contributed by atoms with van der Waals surface area (Å²) in [5.41, 5.74) is -0.635. The number of carboxylic acids is 1. The van der Waals surface area contributed by atoms with Crippen molar-refractivity contribution in [3.05, 3.63) is 33.9 Å². The average molecular weight is 358 g/mol. The topological polar surface area (TPSA) is 87.5 Å². The molecule has 0 spiro atoms. The highest BCUT2D eigenvalue weighted by molar-refractivity contribution is 5.92. The third-order valence-corrected chi connectivity index (χ3v) is 5.94. The first kappa shape index (κ1) is 15.7. The van der Waals surface area contributed by atoms with Crippen LogP contribution >= 0.6 is 0 Å². The van der Waals surface area contributed by atoms with Gasteiger partial charge in [-0.05, 0) is 37.8 Å². The predicted molar refractivity (Wildman–Crippen MR) is 93.2 cm³/mol. The minimum absolute atomic E-state index is 0.0375. The first-order valence-electron chi connectivity index (χ1n) is 8.90. The van der Waals surface area contributed by atoms with Crippen LogP contribution in [0.4, 0.5) is 10.2 Å². The number of carbonyl (C=O) groups is 1. The van der Waals surface area contributed by atoms with Gasteiger partial charge in [0.05, 0.1) is 5.39 Å². The maximum Gasteiger partial charge on any atom is 0.341 e. The highest BCUT2D eigenvalue weighted by atomic mass is 19.1. The normalized spacial score (nSPS) is 27.0. The minimum Gasteiger partial charge on any atom is -0.477 e. The molecule has 1 saturated heterocycles. The molecular formula is C18H19FN4O3. The van der Waals surface area contributed by atoms with Gasteiger partial charge in [0.25, 0.3) is 0 Å². The predicted octanol–water partition coefficient (Wildman–Crippen LogP) is 1.22. The van der Waals surface area contributed by atoms with Gasteiger partial charge in [0.2, 0.25) is 5.43 Å². The van der Waals surface area contributed by atoms with Gasteiger partial charge in [0.15, 0.2) is 11.6 Å². The first-order chi connectivity index (χ1) is 12.5. The van der Waals surface area contributed by atoms with Gasteiger partial charge < -0.3 is 19.9 Å². The number of nitrogens with zero attached hydrogens (tertiary/aromatic N) is 3. The number of hydrogen-bond acceptors (Lipinski definition) is 5. The Morgan fingerprint density at radius 2 is 2.04 bits per heavy atom. The third-order valence-electron chi connectivity index (χ3n) is 5.94. The van der Waals surface area contributed by atoms with Gasteiger partial charge in [-0.25, -0.2) is 14.2 Å². The van der Waals surface area contributed by atoms with Crippen LogP contribution in [0.15, 0.2) is 17.1 Å². The van der Waals surface area contributed by atoms with E-state index in [1.165, 1.54) is 6.20 Å². The van der Waals surface area contributed by atoms with Crippen LogP contribution in [0.3, 0.4) is 0 Å². The molecule has 3 fully saturated rings. The summed E-state index contributed by atoms with van der Waals surface area (Å²) in [4.78, 5) is 30.3.